The van der Waals surface area contributed by atoms with Gasteiger partial charge in [-0.3, -0.25) is 4.79 Å². The number of aliphatic hydroxyl groups is 1. The van der Waals surface area contributed by atoms with Crippen molar-refractivity contribution in [2.24, 2.45) is 0 Å². The number of carbonyl (C=O) groups is 1. The van der Waals surface area contributed by atoms with Crippen molar-refractivity contribution >= 4 is 15.9 Å². The summed E-state index contributed by atoms with van der Waals surface area (Å²) in [5.74, 6) is -3.68. The maximum Gasteiger partial charge on any atom is 0.254 e. The largest absolute Gasteiger partial charge is 0.381 e. The van der Waals surface area contributed by atoms with Crippen molar-refractivity contribution in [1.29, 1.82) is 0 Å². The summed E-state index contributed by atoms with van der Waals surface area (Å²) >= 11 is 0. The Labute approximate surface area is 196 Å². The number of hydrogen-bond acceptors (Lipinski definition) is 5. The SMILES string of the molecule is COCS(=O)(=O)N[C@H]1CCN(C(=O)C(C)(C)O)[C@H]1Cc1cccc(-c2cc(F)cc(F)c2)c1F. The molecule has 0 aromatic heterocycles. The lowest BCUT2D eigenvalue weighted by molar-refractivity contribution is -0.148. The van der Waals surface area contributed by atoms with Crippen LogP contribution in [0.25, 0.3) is 11.1 Å². The number of hydrogen-bond donors (Lipinski definition) is 2. The van der Waals surface area contributed by atoms with Crippen LogP contribution in [-0.2, 0) is 26.0 Å². The molecule has 0 saturated carbocycles. The lowest BCUT2D eigenvalue weighted by atomic mass is 9.95. The van der Waals surface area contributed by atoms with Crippen LogP contribution in [-0.4, -0.2) is 61.6 Å². The van der Waals surface area contributed by atoms with Gasteiger partial charge in [0.25, 0.3) is 5.91 Å². The zero-order valence-electron chi connectivity index (χ0n) is 19.0. The summed E-state index contributed by atoms with van der Waals surface area (Å²) in [6, 6.07) is 5.46. The number of sulfonamides is 1. The third kappa shape index (κ3) is 5.96. The van der Waals surface area contributed by atoms with Crippen molar-refractivity contribution in [1.82, 2.24) is 9.62 Å². The Morgan fingerprint density at radius 2 is 1.85 bits per heavy atom. The summed E-state index contributed by atoms with van der Waals surface area (Å²) in [6.07, 6.45) is 0.144. The van der Waals surface area contributed by atoms with E-state index in [9.17, 15) is 27.1 Å². The average Bonchev–Trinajstić information content (AvgIpc) is 3.08. The van der Waals surface area contributed by atoms with Crippen molar-refractivity contribution in [3.8, 4) is 11.1 Å². The minimum atomic E-state index is -3.85. The molecule has 1 amide bonds. The van der Waals surface area contributed by atoms with Crippen molar-refractivity contribution in [3.05, 3.63) is 59.4 Å². The van der Waals surface area contributed by atoms with Crippen molar-refractivity contribution in [2.75, 3.05) is 19.6 Å². The van der Waals surface area contributed by atoms with Crippen LogP contribution in [0.4, 0.5) is 13.2 Å². The van der Waals surface area contributed by atoms with E-state index < -0.39 is 57.0 Å². The first-order valence-electron chi connectivity index (χ1n) is 10.6. The standard InChI is InChI=1S/C23H27F3N2O5S/c1-23(2,30)22(29)28-8-7-19(27-34(31,32)13-33-3)20(28)11-14-5-4-6-18(21(14)26)15-9-16(24)12-17(25)10-15/h4-6,9-10,12,19-20,27,30H,7-8,11,13H2,1-3H3/t19-,20-/m0/s1. The maximum absolute atomic E-state index is 15.5. The predicted molar refractivity (Wildman–Crippen MR) is 120 cm³/mol. The van der Waals surface area contributed by atoms with Gasteiger partial charge in [0.15, 0.2) is 5.94 Å². The number of likely N-dealkylation sites (tertiary alicyclic amines) is 1. The second-order valence-electron chi connectivity index (χ2n) is 8.80. The molecule has 0 aliphatic carbocycles. The first-order chi connectivity index (χ1) is 15.8. The summed E-state index contributed by atoms with van der Waals surface area (Å²) in [7, 11) is -2.62. The number of carbonyl (C=O) groups excluding carboxylic acids is 1. The fourth-order valence-corrected chi connectivity index (χ4v) is 5.28. The highest BCUT2D eigenvalue weighted by Crippen LogP contribution is 2.30. The molecule has 34 heavy (non-hydrogen) atoms. The lowest BCUT2D eigenvalue weighted by Crippen LogP contribution is -2.53. The highest BCUT2D eigenvalue weighted by molar-refractivity contribution is 7.89. The zero-order valence-corrected chi connectivity index (χ0v) is 19.8. The molecule has 2 aromatic rings. The van der Waals surface area contributed by atoms with Crippen molar-refractivity contribution in [3.63, 3.8) is 0 Å². The Kier molecular flexibility index (Phi) is 7.71. The second kappa shape index (κ2) is 10.0. The quantitative estimate of drug-likeness (QED) is 0.581. The van der Waals surface area contributed by atoms with Gasteiger partial charge in [-0.25, -0.2) is 26.3 Å². The van der Waals surface area contributed by atoms with E-state index in [2.05, 4.69) is 4.72 Å². The van der Waals surface area contributed by atoms with Gasteiger partial charge < -0.3 is 14.7 Å². The van der Waals surface area contributed by atoms with E-state index in [1.54, 1.807) is 0 Å². The molecular weight excluding hydrogens is 473 g/mol. The Hall–Kier alpha value is -2.47. The first-order valence-corrected chi connectivity index (χ1v) is 12.2. The van der Waals surface area contributed by atoms with Crippen molar-refractivity contribution in [2.45, 2.75) is 44.4 Å². The van der Waals surface area contributed by atoms with Gasteiger partial charge >= 0.3 is 0 Å². The topological polar surface area (TPSA) is 95.9 Å². The normalized spacial score (nSPS) is 19.0. The Balaban J connectivity index is 1.99. The Morgan fingerprint density at radius 3 is 2.44 bits per heavy atom. The predicted octanol–water partition coefficient (Wildman–Crippen LogP) is 2.58. The van der Waals surface area contributed by atoms with Gasteiger partial charge in [0.1, 0.15) is 23.1 Å². The number of methoxy groups -OCH3 is 1. The summed E-state index contributed by atoms with van der Waals surface area (Å²) in [6.45, 7) is 2.77. The molecule has 186 valence electrons. The summed E-state index contributed by atoms with van der Waals surface area (Å²) in [4.78, 5) is 14.2. The molecule has 2 aromatic carbocycles. The number of ether oxygens (including phenoxy) is 1. The maximum atomic E-state index is 15.5. The van der Waals surface area contributed by atoms with Gasteiger partial charge in [0, 0.05) is 31.3 Å². The van der Waals surface area contributed by atoms with E-state index in [1.165, 1.54) is 44.1 Å². The number of rotatable bonds is 8. The molecule has 0 radical (unpaired) electrons. The van der Waals surface area contributed by atoms with Crippen LogP contribution in [0.15, 0.2) is 36.4 Å². The van der Waals surface area contributed by atoms with Crippen LogP contribution in [0.5, 0.6) is 0 Å². The van der Waals surface area contributed by atoms with Gasteiger partial charge in [0.2, 0.25) is 10.0 Å². The van der Waals surface area contributed by atoms with Gasteiger partial charge in [0.05, 0.1) is 6.04 Å². The summed E-state index contributed by atoms with van der Waals surface area (Å²) < 4.78 is 74.6. The van der Waals surface area contributed by atoms with Crippen LogP contribution < -0.4 is 4.72 Å². The highest BCUT2D eigenvalue weighted by Gasteiger charge is 2.43. The monoisotopic (exact) mass is 500 g/mol. The van der Waals surface area contributed by atoms with Gasteiger partial charge in [-0.15, -0.1) is 0 Å². The van der Waals surface area contributed by atoms with E-state index in [0.717, 1.165) is 12.1 Å². The fourth-order valence-electron chi connectivity index (χ4n) is 4.16. The van der Waals surface area contributed by atoms with E-state index in [1.807, 2.05) is 0 Å². The molecule has 7 nitrogen and oxygen atoms in total. The van der Waals surface area contributed by atoms with Crippen LogP contribution >= 0.6 is 0 Å². The molecule has 0 unspecified atom stereocenters. The molecule has 1 saturated heterocycles. The molecule has 1 heterocycles. The molecule has 1 aliphatic heterocycles. The minimum absolute atomic E-state index is 0.00467. The van der Waals surface area contributed by atoms with Crippen LogP contribution in [0, 0.1) is 17.5 Å². The Bertz CT molecular complexity index is 1150. The van der Waals surface area contributed by atoms with E-state index in [4.69, 9.17) is 4.74 Å². The molecular formula is C23H27F3N2O5S. The molecule has 1 fully saturated rings. The number of nitrogens with zero attached hydrogens (tertiary/aromatic N) is 1. The number of nitrogens with one attached hydrogen (secondary N) is 1. The van der Waals surface area contributed by atoms with Gasteiger partial charge in [-0.2, -0.15) is 0 Å². The smallest absolute Gasteiger partial charge is 0.254 e. The number of amides is 1. The van der Waals surface area contributed by atoms with Crippen molar-refractivity contribution < 1.29 is 36.2 Å². The molecule has 2 N–H and O–H groups in total. The molecule has 0 bridgehead atoms. The van der Waals surface area contributed by atoms with Crippen LogP contribution in [0.2, 0.25) is 0 Å². The third-order valence-electron chi connectivity index (χ3n) is 5.62. The first kappa shape index (κ1) is 26.1. The van der Waals surface area contributed by atoms with E-state index in [-0.39, 0.29) is 36.1 Å². The molecule has 11 heteroatoms. The lowest BCUT2D eigenvalue weighted by Gasteiger charge is -2.32. The third-order valence-corrected chi connectivity index (χ3v) is 6.82. The fraction of sp³-hybridized carbons (Fsp3) is 0.435. The Morgan fingerprint density at radius 1 is 1.21 bits per heavy atom. The molecule has 3 rings (SSSR count). The summed E-state index contributed by atoms with van der Waals surface area (Å²) in [5, 5.41) is 10.2. The number of halogens is 3. The molecule has 1 aliphatic rings. The highest BCUT2D eigenvalue weighted by atomic mass is 32.2. The molecule has 0 spiro atoms. The van der Waals surface area contributed by atoms with E-state index >= 15 is 4.39 Å². The van der Waals surface area contributed by atoms with Crippen LogP contribution in [0.3, 0.4) is 0 Å². The van der Waals surface area contributed by atoms with Gasteiger partial charge in [-0.1, -0.05) is 18.2 Å². The van der Waals surface area contributed by atoms with Gasteiger partial charge in [-0.05, 0) is 49.9 Å². The second-order valence-corrected chi connectivity index (χ2v) is 10.5. The van der Waals surface area contributed by atoms with Crippen LogP contribution in [0.1, 0.15) is 25.8 Å². The van der Waals surface area contributed by atoms with E-state index in [0.29, 0.717) is 6.07 Å². The average molecular weight is 501 g/mol. The minimum Gasteiger partial charge on any atom is -0.381 e. The number of benzene rings is 2. The molecule has 2 atom stereocenters. The zero-order chi connectivity index (χ0) is 25.3. The summed E-state index contributed by atoms with van der Waals surface area (Å²) in [5.41, 5.74) is -1.63.